The Morgan fingerprint density at radius 3 is 3.00 bits per heavy atom. The van der Waals surface area contributed by atoms with E-state index in [2.05, 4.69) is 15.5 Å². The van der Waals surface area contributed by atoms with Crippen LogP contribution in [-0.4, -0.2) is 45.9 Å². The Morgan fingerprint density at radius 2 is 2.35 bits per heavy atom. The maximum atomic E-state index is 12.2. The van der Waals surface area contributed by atoms with Crippen LogP contribution in [0.1, 0.15) is 40.0 Å². The molecule has 112 valence electrons. The van der Waals surface area contributed by atoms with E-state index in [-0.39, 0.29) is 12.1 Å². The highest BCUT2D eigenvalue weighted by Gasteiger charge is 2.30. The van der Waals surface area contributed by atoms with Crippen molar-refractivity contribution in [3.63, 3.8) is 0 Å². The molecule has 2 heterocycles. The second-order valence-electron chi connectivity index (χ2n) is 6.19. The lowest BCUT2D eigenvalue weighted by atomic mass is 10.0. The van der Waals surface area contributed by atoms with Gasteiger partial charge in [-0.1, -0.05) is 0 Å². The molecule has 2 N–H and O–H groups in total. The van der Waals surface area contributed by atoms with Crippen molar-refractivity contribution >= 4 is 11.8 Å². The molecule has 0 radical (unpaired) electrons. The molecule has 1 fully saturated rings. The first-order valence-corrected chi connectivity index (χ1v) is 7.18. The number of nitrogens with zero attached hydrogens (tertiary/aromatic N) is 2. The van der Waals surface area contributed by atoms with Gasteiger partial charge in [-0.25, -0.2) is 4.79 Å². The van der Waals surface area contributed by atoms with Crippen LogP contribution in [0.5, 0.6) is 0 Å². The molecule has 0 aromatic carbocycles. The molecule has 1 amide bonds. The minimum absolute atomic E-state index is 0.175. The molecule has 1 aliphatic heterocycles. The van der Waals surface area contributed by atoms with Crippen molar-refractivity contribution in [3.8, 4) is 0 Å². The van der Waals surface area contributed by atoms with Crippen LogP contribution >= 0.6 is 0 Å². The largest absolute Gasteiger partial charge is 0.444 e. The highest BCUT2D eigenvalue weighted by molar-refractivity contribution is 5.68. The summed E-state index contributed by atoms with van der Waals surface area (Å²) in [6.07, 6.45) is 6.53. The van der Waals surface area contributed by atoms with Crippen molar-refractivity contribution in [1.82, 2.24) is 15.1 Å². The minimum atomic E-state index is -0.447. The first kappa shape index (κ1) is 14.7. The monoisotopic (exact) mass is 280 g/mol. The molecule has 0 bridgehead atoms. The van der Waals surface area contributed by atoms with Crippen molar-refractivity contribution in [2.45, 2.75) is 51.7 Å². The Kier molecular flexibility index (Phi) is 4.52. The first-order chi connectivity index (χ1) is 9.46. The standard InChI is InChI=1S/C14H24N4O2/c1-14(2,3)20-13(19)18-7-5-4-6-12(18)10-15-11-8-16-17-9-11/h8-9,12,15H,4-7,10H2,1-3H3,(H,16,17). The van der Waals surface area contributed by atoms with Gasteiger partial charge < -0.3 is 15.0 Å². The first-order valence-electron chi connectivity index (χ1n) is 7.18. The molecular formula is C14H24N4O2. The predicted octanol–water partition coefficient (Wildman–Crippen LogP) is 2.61. The van der Waals surface area contributed by atoms with Gasteiger partial charge in [0.2, 0.25) is 0 Å². The molecule has 1 atom stereocenters. The quantitative estimate of drug-likeness (QED) is 0.893. The number of nitrogens with one attached hydrogen (secondary N) is 2. The van der Waals surface area contributed by atoms with Crippen molar-refractivity contribution < 1.29 is 9.53 Å². The minimum Gasteiger partial charge on any atom is -0.444 e. The lowest BCUT2D eigenvalue weighted by molar-refractivity contribution is 0.0114. The number of ether oxygens (including phenoxy) is 1. The number of aromatic nitrogens is 2. The third kappa shape index (κ3) is 4.15. The molecule has 6 nitrogen and oxygen atoms in total. The fraction of sp³-hybridized carbons (Fsp3) is 0.714. The highest BCUT2D eigenvalue weighted by atomic mass is 16.6. The van der Waals surface area contributed by atoms with Gasteiger partial charge in [-0.15, -0.1) is 0 Å². The summed E-state index contributed by atoms with van der Waals surface area (Å²) in [5.74, 6) is 0. The molecule has 0 aliphatic carbocycles. The number of anilines is 1. The number of carbonyl (C=O) groups is 1. The fourth-order valence-electron chi connectivity index (χ4n) is 2.36. The van der Waals surface area contributed by atoms with E-state index in [1.165, 1.54) is 0 Å². The molecule has 1 aliphatic rings. The van der Waals surface area contributed by atoms with E-state index >= 15 is 0 Å². The summed E-state index contributed by atoms with van der Waals surface area (Å²) in [4.78, 5) is 14.1. The number of rotatable bonds is 3. The van der Waals surface area contributed by atoms with E-state index < -0.39 is 5.60 Å². The summed E-state index contributed by atoms with van der Waals surface area (Å²) in [5.41, 5.74) is 0.497. The van der Waals surface area contributed by atoms with Crippen LogP contribution in [0.2, 0.25) is 0 Å². The van der Waals surface area contributed by atoms with Crippen LogP contribution in [0.4, 0.5) is 10.5 Å². The van der Waals surface area contributed by atoms with E-state index in [4.69, 9.17) is 4.74 Å². The van der Waals surface area contributed by atoms with Crippen LogP contribution in [0.3, 0.4) is 0 Å². The number of carbonyl (C=O) groups excluding carboxylic acids is 1. The fourth-order valence-corrected chi connectivity index (χ4v) is 2.36. The summed E-state index contributed by atoms with van der Waals surface area (Å²) in [6, 6.07) is 0.175. The van der Waals surface area contributed by atoms with Gasteiger partial charge in [-0.2, -0.15) is 5.10 Å². The van der Waals surface area contributed by atoms with Crippen LogP contribution < -0.4 is 5.32 Å². The van der Waals surface area contributed by atoms with Crippen molar-refractivity contribution in [2.75, 3.05) is 18.4 Å². The van der Waals surface area contributed by atoms with Gasteiger partial charge in [0.25, 0.3) is 0 Å². The number of aromatic amines is 1. The smallest absolute Gasteiger partial charge is 0.410 e. The molecule has 0 spiro atoms. The second kappa shape index (κ2) is 6.15. The topological polar surface area (TPSA) is 70.2 Å². The molecule has 6 heteroatoms. The van der Waals surface area contributed by atoms with Crippen molar-refractivity contribution in [2.24, 2.45) is 0 Å². The molecular weight excluding hydrogens is 256 g/mol. The van der Waals surface area contributed by atoms with E-state index in [0.717, 1.165) is 38.0 Å². The third-order valence-corrected chi connectivity index (χ3v) is 3.30. The Labute approximate surface area is 119 Å². The third-order valence-electron chi connectivity index (χ3n) is 3.30. The summed E-state index contributed by atoms with van der Waals surface area (Å²) >= 11 is 0. The van der Waals surface area contributed by atoms with Crippen LogP contribution in [0.25, 0.3) is 0 Å². The van der Waals surface area contributed by atoms with E-state index in [1.807, 2.05) is 25.7 Å². The number of H-pyrrole nitrogens is 1. The van der Waals surface area contributed by atoms with Crippen LogP contribution in [0, 0.1) is 0 Å². The van der Waals surface area contributed by atoms with Gasteiger partial charge in [0.1, 0.15) is 5.60 Å². The molecule has 0 saturated carbocycles. The Hall–Kier alpha value is -1.72. The predicted molar refractivity (Wildman–Crippen MR) is 77.7 cm³/mol. The summed E-state index contributed by atoms with van der Waals surface area (Å²) in [7, 11) is 0. The van der Waals surface area contributed by atoms with E-state index in [1.54, 1.807) is 12.4 Å². The van der Waals surface area contributed by atoms with Gasteiger partial charge in [-0.3, -0.25) is 5.10 Å². The SMILES string of the molecule is CC(C)(C)OC(=O)N1CCCCC1CNc1cn[nH]c1. The molecule has 1 aromatic rings. The molecule has 1 saturated heterocycles. The number of piperidine rings is 1. The number of likely N-dealkylation sites (tertiary alicyclic amines) is 1. The molecule has 20 heavy (non-hydrogen) atoms. The zero-order valence-corrected chi connectivity index (χ0v) is 12.5. The maximum Gasteiger partial charge on any atom is 0.410 e. The normalized spacial score (nSPS) is 19.8. The number of hydrogen-bond donors (Lipinski definition) is 2. The van der Waals surface area contributed by atoms with E-state index in [0.29, 0.717) is 0 Å². The Morgan fingerprint density at radius 1 is 1.55 bits per heavy atom. The molecule has 1 unspecified atom stereocenters. The van der Waals surface area contributed by atoms with Gasteiger partial charge >= 0.3 is 6.09 Å². The van der Waals surface area contributed by atoms with Gasteiger partial charge in [0, 0.05) is 19.3 Å². The van der Waals surface area contributed by atoms with Crippen molar-refractivity contribution in [1.29, 1.82) is 0 Å². The summed E-state index contributed by atoms with van der Waals surface area (Å²) < 4.78 is 5.49. The lowest BCUT2D eigenvalue weighted by Crippen LogP contribution is -2.48. The van der Waals surface area contributed by atoms with Gasteiger partial charge in [-0.05, 0) is 40.0 Å². The maximum absolute atomic E-state index is 12.2. The highest BCUT2D eigenvalue weighted by Crippen LogP contribution is 2.20. The average Bonchev–Trinajstić information content (AvgIpc) is 2.87. The summed E-state index contributed by atoms with van der Waals surface area (Å²) in [6.45, 7) is 7.18. The second-order valence-corrected chi connectivity index (χ2v) is 6.19. The Bertz CT molecular complexity index is 425. The van der Waals surface area contributed by atoms with Crippen molar-refractivity contribution in [3.05, 3.63) is 12.4 Å². The Balaban J connectivity index is 1.92. The van der Waals surface area contributed by atoms with Gasteiger partial charge in [0.15, 0.2) is 0 Å². The van der Waals surface area contributed by atoms with Crippen LogP contribution in [-0.2, 0) is 4.74 Å². The van der Waals surface area contributed by atoms with Gasteiger partial charge in [0.05, 0.1) is 17.9 Å². The lowest BCUT2D eigenvalue weighted by Gasteiger charge is -2.36. The average molecular weight is 280 g/mol. The van der Waals surface area contributed by atoms with Crippen LogP contribution in [0.15, 0.2) is 12.4 Å². The number of amides is 1. The van der Waals surface area contributed by atoms with E-state index in [9.17, 15) is 4.79 Å². The molecule has 2 rings (SSSR count). The number of hydrogen-bond acceptors (Lipinski definition) is 4. The zero-order chi connectivity index (χ0) is 14.6. The zero-order valence-electron chi connectivity index (χ0n) is 12.5. The summed E-state index contributed by atoms with van der Waals surface area (Å²) in [5, 5.41) is 9.96. The molecule has 1 aromatic heterocycles.